The standard InChI is InChI=1S/C14H13BrO2/c1-10-6-7-11(12(15)8-10)9-17-14-5-3-2-4-13(14)16/h2-8,16H,9H2,1H3. The average molecular weight is 293 g/mol. The van der Waals surface area contributed by atoms with E-state index in [2.05, 4.69) is 15.9 Å². The van der Waals surface area contributed by atoms with Gasteiger partial charge in [-0.2, -0.15) is 0 Å². The molecule has 0 radical (unpaired) electrons. The third kappa shape index (κ3) is 3.01. The number of aromatic hydroxyl groups is 1. The van der Waals surface area contributed by atoms with Crippen molar-refractivity contribution in [2.75, 3.05) is 0 Å². The van der Waals surface area contributed by atoms with Gasteiger partial charge in [0, 0.05) is 10.0 Å². The lowest BCUT2D eigenvalue weighted by Crippen LogP contribution is -1.96. The highest BCUT2D eigenvalue weighted by atomic mass is 79.9. The summed E-state index contributed by atoms with van der Waals surface area (Å²) in [5.74, 6) is 0.663. The van der Waals surface area contributed by atoms with Crippen LogP contribution in [0.3, 0.4) is 0 Å². The number of phenolic OH excluding ortho intramolecular Hbond substituents is 1. The van der Waals surface area contributed by atoms with Crippen molar-refractivity contribution in [2.24, 2.45) is 0 Å². The van der Waals surface area contributed by atoms with Gasteiger partial charge < -0.3 is 9.84 Å². The Kier molecular flexibility index (Phi) is 3.69. The third-order valence-corrected chi connectivity index (χ3v) is 3.20. The van der Waals surface area contributed by atoms with Crippen molar-refractivity contribution in [3.05, 3.63) is 58.1 Å². The van der Waals surface area contributed by atoms with Crippen molar-refractivity contribution in [3.63, 3.8) is 0 Å². The van der Waals surface area contributed by atoms with Gasteiger partial charge in [-0.15, -0.1) is 0 Å². The molecule has 0 saturated carbocycles. The largest absolute Gasteiger partial charge is 0.504 e. The summed E-state index contributed by atoms with van der Waals surface area (Å²) in [7, 11) is 0. The second kappa shape index (κ2) is 5.23. The van der Waals surface area contributed by atoms with Crippen LogP contribution in [0.4, 0.5) is 0 Å². The SMILES string of the molecule is Cc1ccc(COc2ccccc2O)c(Br)c1. The predicted octanol–water partition coefficient (Wildman–Crippen LogP) is 4.04. The fourth-order valence-electron chi connectivity index (χ4n) is 1.50. The number of para-hydroxylation sites is 2. The van der Waals surface area contributed by atoms with Crippen LogP contribution in [-0.4, -0.2) is 5.11 Å². The zero-order chi connectivity index (χ0) is 12.3. The monoisotopic (exact) mass is 292 g/mol. The van der Waals surface area contributed by atoms with Gasteiger partial charge in [-0.05, 0) is 30.7 Å². The van der Waals surface area contributed by atoms with Gasteiger partial charge in [-0.25, -0.2) is 0 Å². The van der Waals surface area contributed by atoms with E-state index in [-0.39, 0.29) is 5.75 Å². The highest BCUT2D eigenvalue weighted by Crippen LogP contribution is 2.26. The summed E-state index contributed by atoms with van der Waals surface area (Å²) in [5, 5.41) is 9.57. The van der Waals surface area contributed by atoms with Crippen molar-refractivity contribution >= 4 is 15.9 Å². The van der Waals surface area contributed by atoms with Crippen LogP contribution in [0.15, 0.2) is 46.9 Å². The van der Waals surface area contributed by atoms with Crippen molar-refractivity contribution in [3.8, 4) is 11.5 Å². The van der Waals surface area contributed by atoms with Gasteiger partial charge >= 0.3 is 0 Å². The molecule has 0 aliphatic carbocycles. The molecule has 0 aliphatic rings. The molecule has 0 aromatic heterocycles. The van der Waals surface area contributed by atoms with E-state index in [1.807, 2.05) is 31.2 Å². The maximum Gasteiger partial charge on any atom is 0.161 e. The van der Waals surface area contributed by atoms with E-state index in [9.17, 15) is 5.11 Å². The van der Waals surface area contributed by atoms with E-state index in [4.69, 9.17) is 4.74 Å². The van der Waals surface area contributed by atoms with Gasteiger partial charge in [0.25, 0.3) is 0 Å². The van der Waals surface area contributed by atoms with E-state index in [0.29, 0.717) is 12.4 Å². The van der Waals surface area contributed by atoms with Crippen LogP contribution >= 0.6 is 15.9 Å². The van der Waals surface area contributed by atoms with Crippen LogP contribution in [0.25, 0.3) is 0 Å². The maximum atomic E-state index is 9.57. The van der Waals surface area contributed by atoms with Crippen LogP contribution in [0, 0.1) is 6.92 Å². The van der Waals surface area contributed by atoms with Crippen LogP contribution in [0.1, 0.15) is 11.1 Å². The molecule has 17 heavy (non-hydrogen) atoms. The molecule has 0 bridgehead atoms. The molecule has 0 amide bonds. The molecule has 3 heteroatoms. The van der Waals surface area contributed by atoms with Crippen LogP contribution < -0.4 is 4.74 Å². The highest BCUT2D eigenvalue weighted by Gasteiger charge is 2.04. The molecule has 88 valence electrons. The van der Waals surface area contributed by atoms with Crippen LogP contribution in [-0.2, 0) is 6.61 Å². The first-order valence-corrected chi connectivity index (χ1v) is 6.12. The van der Waals surface area contributed by atoms with Crippen molar-refractivity contribution in [1.29, 1.82) is 0 Å². The molecule has 0 spiro atoms. The lowest BCUT2D eigenvalue weighted by atomic mass is 10.2. The minimum atomic E-state index is 0.163. The number of phenols is 1. The predicted molar refractivity (Wildman–Crippen MR) is 71.3 cm³/mol. The topological polar surface area (TPSA) is 29.5 Å². The van der Waals surface area contributed by atoms with Crippen LogP contribution in [0.5, 0.6) is 11.5 Å². The molecule has 2 aromatic carbocycles. The molecule has 2 nitrogen and oxygen atoms in total. The summed E-state index contributed by atoms with van der Waals surface area (Å²) >= 11 is 3.50. The Morgan fingerprint density at radius 3 is 2.65 bits per heavy atom. The molecule has 2 rings (SSSR count). The first-order chi connectivity index (χ1) is 8.16. The molecule has 0 atom stereocenters. The second-order valence-corrected chi connectivity index (χ2v) is 4.71. The summed E-state index contributed by atoms with van der Waals surface area (Å²) < 4.78 is 6.58. The average Bonchev–Trinajstić information content (AvgIpc) is 2.30. The molecule has 0 unspecified atom stereocenters. The zero-order valence-electron chi connectivity index (χ0n) is 9.48. The Hall–Kier alpha value is -1.48. The quantitative estimate of drug-likeness (QED) is 0.925. The summed E-state index contributed by atoms with van der Waals surface area (Å²) in [4.78, 5) is 0. The van der Waals surface area contributed by atoms with E-state index < -0.39 is 0 Å². The number of benzene rings is 2. The summed E-state index contributed by atoms with van der Waals surface area (Å²) in [6, 6.07) is 13.1. The lowest BCUT2D eigenvalue weighted by molar-refractivity contribution is 0.288. The molecule has 0 saturated heterocycles. The fourth-order valence-corrected chi connectivity index (χ4v) is 2.11. The zero-order valence-corrected chi connectivity index (χ0v) is 11.1. The van der Waals surface area contributed by atoms with E-state index in [0.717, 1.165) is 10.0 Å². The number of hydrogen-bond donors (Lipinski definition) is 1. The van der Waals surface area contributed by atoms with Gasteiger partial charge in [0.2, 0.25) is 0 Å². The number of rotatable bonds is 3. The number of aryl methyl sites for hydroxylation is 1. The second-order valence-electron chi connectivity index (χ2n) is 3.85. The molecule has 0 aliphatic heterocycles. The smallest absolute Gasteiger partial charge is 0.161 e. The fraction of sp³-hybridized carbons (Fsp3) is 0.143. The van der Waals surface area contributed by atoms with E-state index in [1.165, 1.54) is 5.56 Å². The first kappa shape index (κ1) is 12.0. The summed E-state index contributed by atoms with van der Waals surface area (Å²) in [6.07, 6.45) is 0. The third-order valence-electron chi connectivity index (χ3n) is 2.46. The Bertz CT molecular complexity index is 523. The van der Waals surface area contributed by atoms with Crippen LogP contribution in [0.2, 0.25) is 0 Å². The summed E-state index contributed by atoms with van der Waals surface area (Å²) in [5.41, 5.74) is 2.25. The lowest BCUT2D eigenvalue weighted by Gasteiger charge is -2.09. The molecule has 2 aromatic rings. The Balaban J connectivity index is 2.10. The van der Waals surface area contributed by atoms with E-state index >= 15 is 0 Å². The maximum absolute atomic E-state index is 9.57. The Morgan fingerprint density at radius 2 is 1.94 bits per heavy atom. The van der Waals surface area contributed by atoms with E-state index in [1.54, 1.807) is 18.2 Å². The molecular formula is C14H13BrO2. The molecule has 0 fully saturated rings. The minimum absolute atomic E-state index is 0.163. The number of hydrogen-bond acceptors (Lipinski definition) is 2. The minimum Gasteiger partial charge on any atom is -0.504 e. The van der Waals surface area contributed by atoms with Gasteiger partial charge in [0.05, 0.1) is 0 Å². The number of halogens is 1. The highest BCUT2D eigenvalue weighted by molar-refractivity contribution is 9.10. The van der Waals surface area contributed by atoms with Crippen molar-refractivity contribution < 1.29 is 9.84 Å². The molecular weight excluding hydrogens is 280 g/mol. The first-order valence-electron chi connectivity index (χ1n) is 5.32. The molecule has 1 N–H and O–H groups in total. The van der Waals surface area contributed by atoms with Crippen molar-refractivity contribution in [2.45, 2.75) is 13.5 Å². The van der Waals surface area contributed by atoms with Crippen molar-refractivity contribution in [1.82, 2.24) is 0 Å². The summed E-state index contributed by atoms with van der Waals surface area (Å²) in [6.45, 7) is 2.47. The molecule has 0 heterocycles. The van der Waals surface area contributed by atoms with Gasteiger partial charge in [-0.1, -0.05) is 40.2 Å². The van der Waals surface area contributed by atoms with Gasteiger partial charge in [-0.3, -0.25) is 0 Å². The number of ether oxygens (including phenoxy) is 1. The normalized spacial score (nSPS) is 10.2. The van der Waals surface area contributed by atoms with Gasteiger partial charge in [0.1, 0.15) is 6.61 Å². The Morgan fingerprint density at radius 1 is 1.18 bits per heavy atom. The van der Waals surface area contributed by atoms with Gasteiger partial charge in [0.15, 0.2) is 11.5 Å². The Labute approximate surface area is 109 Å².